The van der Waals surface area contributed by atoms with Crippen molar-refractivity contribution in [2.45, 2.75) is 6.54 Å². The van der Waals surface area contributed by atoms with E-state index < -0.39 is 10.9 Å². The Morgan fingerprint density at radius 1 is 1.56 bits per heavy atom. The quantitative estimate of drug-likeness (QED) is 0.652. The zero-order valence-corrected chi connectivity index (χ0v) is 9.18. The van der Waals surface area contributed by atoms with Crippen LogP contribution >= 0.6 is 0 Å². The first-order valence-corrected chi connectivity index (χ1v) is 5.04. The minimum Gasteiger partial charge on any atom is -0.477 e. The molecule has 0 aromatic carbocycles. The molecule has 0 bridgehead atoms. The van der Waals surface area contributed by atoms with Crippen LogP contribution in [0.3, 0.4) is 0 Å². The number of rotatable bonds is 4. The summed E-state index contributed by atoms with van der Waals surface area (Å²) in [7, 11) is 0. The van der Waals surface area contributed by atoms with Crippen molar-refractivity contribution >= 4 is 11.7 Å². The lowest BCUT2D eigenvalue weighted by atomic mass is 10.3. The molecule has 0 aliphatic heterocycles. The van der Waals surface area contributed by atoms with Crippen molar-refractivity contribution in [3.63, 3.8) is 0 Å². The highest BCUT2D eigenvalue weighted by atomic mass is 16.6. The number of hydrogen-bond donors (Lipinski definition) is 1. The van der Waals surface area contributed by atoms with Gasteiger partial charge in [-0.05, 0) is 11.6 Å². The van der Waals surface area contributed by atoms with Gasteiger partial charge in [-0.3, -0.25) is 15.1 Å². The van der Waals surface area contributed by atoms with Crippen LogP contribution in [-0.2, 0) is 6.54 Å². The fourth-order valence-corrected chi connectivity index (χ4v) is 1.59. The maximum atomic E-state index is 11.0. The lowest BCUT2D eigenvalue weighted by Crippen LogP contribution is -2.08. The number of carbonyl (C=O) groups is 1. The van der Waals surface area contributed by atoms with E-state index in [2.05, 4.69) is 4.98 Å². The van der Waals surface area contributed by atoms with Crippen LogP contribution in [0.15, 0.2) is 36.8 Å². The molecule has 0 spiro atoms. The monoisotopic (exact) mass is 247 g/mol. The minimum absolute atomic E-state index is 0.120. The zero-order valence-electron chi connectivity index (χ0n) is 9.18. The Labute approximate surface area is 101 Å². The summed E-state index contributed by atoms with van der Waals surface area (Å²) in [4.78, 5) is 24.9. The lowest BCUT2D eigenvalue weighted by molar-refractivity contribution is -0.384. The molecule has 0 atom stereocenters. The molecule has 7 heteroatoms. The van der Waals surface area contributed by atoms with Crippen LogP contribution in [0.5, 0.6) is 0 Å². The van der Waals surface area contributed by atoms with E-state index in [1.165, 1.54) is 10.8 Å². The van der Waals surface area contributed by atoms with E-state index in [1.54, 1.807) is 24.5 Å². The van der Waals surface area contributed by atoms with Crippen molar-refractivity contribution in [1.29, 1.82) is 0 Å². The van der Waals surface area contributed by atoms with E-state index in [0.29, 0.717) is 0 Å². The first-order valence-electron chi connectivity index (χ1n) is 5.04. The molecular formula is C11H9N3O4. The number of aromatic nitrogens is 2. The van der Waals surface area contributed by atoms with Gasteiger partial charge in [0.2, 0.25) is 0 Å². The van der Waals surface area contributed by atoms with Crippen LogP contribution in [0.25, 0.3) is 0 Å². The molecular weight excluding hydrogens is 238 g/mol. The highest BCUT2D eigenvalue weighted by molar-refractivity contribution is 5.86. The Balaban J connectivity index is 2.37. The van der Waals surface area contributed by atoms with Gasteiger partial charge in [-0.25, -0.2) is 4.79 Å². The third kappa shape index (κ3) is 2.34. The molecule has 18 heavy (non-hydrogen) atoms. The summed E-state index contributed by atoms with van der Waals surface area (Å²) >= 11 is 0. The van der Waals surface area contributed by atoms with Crippen LogP contribution in [0.2, 0.25) is 0 Å². The van der Waals surface area contributed by atoms with Crippen molar-refractivity contribution in [3.05, 3.63) is 58.2 Å². The van der Waals surface area contributed by atoms with Crippen molar-refractivity contribution in [2.75, 3.05) is 0 Å². The number of carboxylic acids is 1. The molecule has 1 N–H and O–H groups in total. The molecule has 2 aromatic rings. The summed E-state index contributed by atoms with van der Waals surface area (Å²) in [6.45, 7) is 0.226. The Bertz CT molecular complexity index is 592. The van der Waals surface area contributed by atoms with Crippen LogP contribution in [-0.4, -0.2) is 25.6 Å². The van der Waals surface area contributed by atoms with Gasteiger partial charge in [-0.1, -0.05) is 6.07 Å². The number of nitrogens with zero attached hydrogens (tertiary/aromatic N) is 3. The van der Waals surface area contributed by atoms with Crippen molar-refractivity contribution in [2.24, 2.45) is 0 Å². The van der Waals surface area contributed by atoms with Gasteiger partial charge in [-0.2, -0.15) is 0 Å². The van der Waals surface area contributed by atoms with Crippen LogP contribution in [0.4, 0.5) is 5.69 Å². The first-order chi connectivity index (χ1) is 8.58. The van der Waals surface area contributed by atoms with Gasteiger partial charge in [0, 0.05) is 25.0 Å². The summed E-state index contributed by atoms with van der Waals surface area (Å²) < 4.78 is 1.32. The fourth-order valence-electron chi connectivity index (χ4n) is 1.59. The Kier molecular flexibility index (Phi) is 3.05. The molecule has 2 heterocycles. The van der Waals surface area contributed by atoms with E-state index in [-0.39, 0.29) is 17.9 Å². The van der Waals surface area contributed by atoms with Crippen LogP contribution in [0.1, 0.15) is 16.1 Å². The third-order valence-electron chi connectivity index (χ3n) is 2.39. The van der Waals surface area contributed by atoms with Crippen molar-refractivity contribution in [3.8, 4) is 0 Å². The highest BCUT2D eigenvalue weighted by Gasteiger charge is 2.18. The third-order valence-corrected chi connectivity index (χ3v) is 2.39. The second kappa shape index (κ2) is 4.66. The topological polar surface area (TPSA) is 98.3 Å². The van der Waals surface area contributed by atoms with Gasteiger partial charge in [0.25, 0.3) is 5.69 Å². The van der Waals surface area contributed by atoms with E-state index >= 15 is 0 Å². The fraction of sp³-hybridized carbons (Fsp3) is 0.0909. The molecule has 0 saturated heterocycles. The van der Waals surface area contributed by atoms with Gasteiger partial charge in [0.1, 0.15) is 5.69 Å². The standard InChI is InChI=1S/C11H9N3O4/c15-11(16)10-4-9(14(17)18)7-13(10)6-8-2-1-3-12-5-8/h1-5,7H,6H2,(H,15,16). The normalized spacial score (nSPS) is 10.2. The molecule has 0 aliphatic carbocycles. The summed E-state index contributed by atoms with van der Waals surface area (Å²) in [6, 6.07) is 4.52. The van der Waals surface area contributed by atoms with Gasteiger partial charge in [-0.15, -0.1) is 0 Å². The van der Waals surface area contributed by atoms with E-state index in [9.17, 15) is 14.9 Å². The Morgan fingerprint density at radius 2 is 2.33 bits per heavy atom. The molecule has 0 unspecified atom stereocenters. The Morgan fingerprint density at radius 3 is 2.89 bits per heavy atom. The number of carboxylic acid groups (broad SMARTS) is 1. The number of aromatic carboxylic acids is 1. The van der Waals surface area contributed by atoms with Crippen LogP contribution in [0, 0.1) is 10.1 Å². The number of pyridine rings is 1. The zero-order chi connectivity index (χ0) is 13.1. The number of hydrogen-bond acceptors (Lipinski definition) is 4. The molecule has 0 fully saturated rings. The Hall–Kier alpha value is -2.70. The smallest absolute Gasteiger partial charge is 0.352 e. The first kappa shape index (κ1) is 11.8. The van der Waals surface area contributed by atoms with Crippen molar-refractivity contribution in [1.82, 2.24) is 9.55 Å². The van der Waals surface area contributed by atoms with E-state index in [1.807, 2.05) is 0 Å². The predicted molar refractivity (Wildman–Crippen MR) is 61.4 cm³/mol. The second-order valence-corrected chi connectivity index (χ2v) is 3.63. The lowest BCUT2D eigenvalue weighted by Gasteiger charge is -2.04. The average molecular weight is 247 g/mol. The molecule has 0 radical (unpaired) electrons. The summed E-state index contributed by atoms with van der Waals surface area (Å²) in [6.07, 6.45) is 4.38. The van der Waals surface area contributed by atoms with Gasteiger partial charge in [0.05, 0.1) is 11.1 Å². The van der Waals surface area contributed by atoms with Gasteiger partial charge in [0.15, 0.2) is 0 Å². The molecule has 2 aromatic heterocycles. The maximum Gasteiger partial charge on any atom is 0.352 e. The second-order valence-electron chi connectivity index (χ2n) is 3.63. The summed E-state index contributed by atoms with van der Waals surface area (Å²) in [5, 5.41) is 19.6. The highest BCUT2D eigenvalue weighted by Crippen LogP contribution is 2.17. The summed E-state index contributed by atoms with van der Waals surface area (Å²) in [5.41, 5.74) is 0.410. The SMILES string of the molecule is O=C(O)c1cc([N+](=O)[O-])cn1Cc1cccnc1. The van der Waals surface area contributed by atoms with Gasteiger partial charge >= 0.3 is 5.97 Å². The summed E-state index contributed by atoms with van der Waals surface area (Å²) in [5.74, 6) is -1.20. The molecule has 0 aliphatic rings. The molecule has 2 rings (SSSR count). The maximum absolute atomic E-state index is 11.0. The molecule has 7 nitrogen and oxygen atoms in total. The molecule has 0 amide bonds. The van der Waals surface area contributed by atoms with E-state index in [4.69, 9.17) is 5.11 Å². The largest absolute Gasteiger partial charge is 0.477 e. The average Bonchev–Trinajstić information content (AvgIpc) is 2.74. The predicted octanol–water partition coefficient (Wildman–Crippen LogP) is 1.54. The van der Waals surface area contributed by atoms with Gasteiger partial charge < -0.3 is 9.67 Å². The molecule has 0 saturated carbocycles. The van der Waals surface area contributed by atoms with E-state index in [0.717, 1.165) is 11.6 Å². The van der Waals surface area contributed by atoms with Crippen LogP contribution < -0.4 is 0 Å². The molecule has 92 valence electrons. The van der Waals surface area contributed by atoms with Crippen molar-refractivity contribution < 1.29 is 14.8 Å². The minimum atomic E-state index is -1.20. The number of nitro groups is 1.